The van der Waals surface area contributed by atoms with Crippen LogP contribution in [0.1, 0.15) is 15.9 Å². The molecule has 2 rings (SSSR count). The van der Waals surface area contributed by atoms with Gasteiger partial charge in [0.15, 0.2) is 11.5 Å². The number of nitrogens with one attached hydrogen (secondary N) is 1. The highest BCUT2D eigenvalue weighted by Crippen LogP contribution is 2.31. The summed E-state index contributed by atoms with van der Waals surface area (Å²) in [6.45, 7) is 0.682. The van der Waals surface area contributed by atoms with Gasteiger partial charge < -0.3 is 14.8 Å². The quantitative estimate of drug-likeness (QED) is 0.786. The van der Waals surface area contributed by atoms with Gasteiger partial charge in [-0.3, -0.25) is 4.79 Å². The number of hydrogen-bond donors (Lipinski definition) is 1. The third kappa shape index (κ3) is 1.63. The molecule has 0 atom stereocenters. The van der Waals surface area contributed by atoms with Crippen molar-refractivity contribution in [3.63, 3.8) is 0 Å². The zero-order valence-corrected chi connectivity index (χ0v) is 8.79. The lowest BCUT2D eigenvalue weighted by molar-refractivity contribution is 0.0945. The van der Waals surface area contributed by atoms with Crippen LogP contribution in [0, 0.1) is 0 Å². The number of carbonyl (C=O) groups excluding carboxylic acids is 1. The van der Waals surface area contributed by atoms with E-state index < -0.39 is 0 Å². The van der Waals surface area contributed by atoms with Crippen molar-refractivity contribution in [2.45, 2.75) is 6.42 Å². The fraction of sp³-hybridized carbons (Fsp3) is 0.364. The Labute approximate surface area is 88.2 Å². The Hall–Kier alpha value is -1.71. The maximum atomic E-state index is 11.5. The van der Waals surface area contributed by atoms with Gasteiger partial charge in [-0.15, -0.1) is 0 Å². The molecule has 0 saturated carbocycles. The third-order valence-corrected chi connectivity index (χ3v) is 2.53. The predicted molar refractivity (Wildman–Crippen MR) is 55.6 cm³/mol. The number of methoxy groups -OCH3 is 2. The van der Waals surface area contributed by atoms with Gasteiger partial charge >= 0.3 is 0 Å². The van der Waals surface area contributed by atoms with Crippen LogP contribution in [0.25, 0.3) is 0 Å². The van der Waals surface area contributed by atoms with Gasteiger partial charge in [0.1, 0.15) is 0 Å². The monoisotopic (exact) mass is 207 g/mol. The highest BCUT2D eigenvalue weighted by Gasteiger charge is 2.19. The number of amides is 1. The molecular formula is C11H13NO3. The number of benzene rings is 1. The van der Waals surface area contributed by atoms with Crippen molar-refractivity contribution in [3.05, 3.63) is 23.3 Å². The van der Waals surface area contributed by atoms with Crippen LogP contribution in [0.5, 0.6) is 11.5 Å². The number of fused-ring (bicyclic) bond motifs is 1. The molecule has 0 saturated heterocycles. The average Bonchev–Trinajstić information content (AvgIpc) is 2.28. The van der Waals surface area contributed by atoms with E-state index in [1.54, 1.807) is 20.3 Å². The molecule has 4 nitrogen and oxygen atoms in total. The average molecular weight is 207 g/mol. The minimum Gasteiger partial charge on any atom is -0.493 e. The third-order valence-electron chi connectivity index (χ3n) is 2.53. The summed E-state index contributed by atoms with van der Waals surface area (Å²) in [6, 6.07) is 3.59. The van der Waals surface area contributed by atoms with Crippen LogP contribution in [0.2, 0.25) is 0 Å². The molecule has 1 aliphatic heterocycles. The first kappa shape index (κ1) is 9.83. The van der Waals surface area contributed by atoms with Crippen LogP contribution in [0.4, 0.5) is 0 Å². The van der Waals surface area contributed by atoms with E-state index in [-0.39, 0.29) is 5.91 Å². The van der Waals surface area contributed by atoms with E-state index >= 15 is 0 Å². The Kier molecular flexibility index (Phi) is 2.49. The van der Waals surface area contributed by atoms with E-state index in [1.165, 1.54) is 0 Å². The minimum absolute atomic E-state index is 0.0443. The number of carbonyl (C=O) groups is 1. The van der Waals surface area contributed by atoms with E-state index in [1.807, 2.05) is 6.07 Å². The van der Waals surface area contributed by atoms with Crippen molar-refractivity contribution in [2.24, 2.45) is 0 Å². The van der Waals surface area contributed by atoms with Gasteiger partial charge in [-0.1, -0.05) is 0 Å². The van der Waals surface area contributed by atoms with Gasteiger partial charge in [0.05, 0.1) is 14.2 Å². The molecule has 0 radical (unpaired) electrons. The SMILES string of the molecule is COc1cc2c(cc1OC)C(=O)NCC2. The molecule has 1 aromatic carbocycles. The molecule has 0 spiro atoms. The van der Waals surface area contributed by atoms with Gasteiger partial charge in [0.2, 0.25) is 0 Å². The summed E-state index contributed by atoms with van der Waals surface area (Å²) in [5, 5.41) is 2.79. The van der Waals surface area contributed by atoms with E-state index in [4.69, 9.17) is 9.47 Å². The maximum Gasteiger partial charge on any atom is 0.251 e. The number of ether oxygens (including phenoxy) is 2. The normalized spacial score (nSPS) is 14.1. The summed E-state index contributed by atoms with van der Waals surface area (Å²) >= 11 is 0. The second-order valence-corrected chi connectivity index (χ2v) is 3.37. The van der Waals surface area contributed by atoms with Gasteiger partial charge in [0, 0.05) is 12.1 Å². The van der Waals surface area contributed by atoms with E-state index in [9.17, 15) is 4.79 Å². The Morgan fingerprint density at radius 2 is 1.87 bits per heavy atom. The van der Waals surface area contributed by atoms with Crippen molar-refractivity contribution in [1.82, 2.24) is 5.32 Å². The zero-order valence-electron chi connectivity index (χ0n) is 8.79. The van der Waals surface area contributed by atoms with Crippen LogP contribution in [0.3, 0.4) is 0 Å². The first-order valence-corrected chi connectivity index (χ1v) is 4.79. The summed E-state index contributed by atoms with van der Waals surface area (Å²) in [5.74, 6) is 1.22. The van der Waals surface area contributed by atoms with Crippen LogP contribution in [-0.2, 0) is 6.42 Å². The summed E-state index contributed by atoms with van der Waals surface area (Å²) in [4.78, 5) is 11.5. The van der Waals surface area contributed by atoms with Crippen molar-refractivity contribution >= 4 is 5.91 Å². The highest BCUT2D eigenvalue weighted by atomic mass is 16.5. The summed E-state index contributed by atoms with van der Waals surface area (Å²) in [5.41, 5.74) is 1.69. The molecule has 1 aromatic rings. The molecule has 0 unspecified atom stereocenters. The lowest BCUT2D eigenvalue weighted by Gasteiger charge is -2.18. The molecule has 0 aliphatic carbocycles. The van der Waals surface area contributed by atoms with Crippen LogP contribution < -0.4 is 14.8 Å². The van der Waals surface area contributed by atoms with Crippen molar-refractivity contribution in [2.75, 3.05) is 20.8 Å². The zero-order chi connectivity index (χ0) is 10.8. The van der Waals surface area contributed by atoms with Gasteiger partial charge in [-0.2, -0.15) is 0 Å². The lowest BCUT2D eigenvalue weighted by atomic mass is 9.99. The van der Waals surface area contributed by atoms with Crippen LogP contribution in [-0.4, -0.2) is 26.7 Å². The van der Waals surface area contributed by atoms with E-state index in [0.717, 1.165) is 12.0 Å². The first-order chi connectivity index (χ1) is 7.26. The Morgan fingerprint density at radius 3 is 2.53 bits per heavy atom. The predicted octanol–water partition coefficient (Wildman–Crippen LogP) is 0.990. The van der Waals surface area contributed by atoms with Crippen molar-refractivity contribution in [1.29, 1.82) is 0 Å². The van der Waals surface area contributed by atoms with Gasteiger partial charge in [-0.05, 0) is 24.1 Å². The highest BCUT2D eigenvalue weighted by molar-refractivity contribution is 5.97. The fourth-order valence-corrected chi connectivity index (χ4v) is 1.75. The minimum atomic E-state index is -0.0443. The number of hydrogen-bond acceptors (Lipinski definition) is 3. The maximum absolute atomic E-state index is 11.5. The molecule has 80 valence electrons. The van der Waals surface area contributed by atoms with Crippen LogP contribution in [0.15, 0.2) is 12.1 Å². The summed E-state index contributed by atoms with van der Waals surface area (Å²) in [7, 11) is 3.15. The molecular weight excluding hydrogens is 194 g/mol. The Morgan fingerprint density at radius 1 is 1.20 bits per heavy atom. The topological polar surface area (TPSA) is 47.6 Å². The molecule has 1 amide bonds. The molecule has 0 fully saturated rings. The second-order valence-electron chi connectivity index (χ2n) is 3.37. The summed E-state index contributed by atoms with van der Waals surface area (Å²) in [6.07, 6.45) is 0.835. The molecule has 0 aromatic heterocycles. The first-order valence-electron chi connectivity index (χ1n) is 4.79. The van der Waals surface area contributed by atoms with Crippen molar-refractivity contribution in [3.8, 4) is 11.5 Å². The number of rotatable bonds is 2. The van der Waals surface area contributed by atoms with Crippen LogP contribution >= 0.6 is 0 Å². The smallest absolute Gasteiger partial charge is 0.251 e. The second kappa shape index (κ2) is 3.81. The Bertz CT molecular complexity index is 401. The molecule has 15 heavy (non-hydrogen) atoms. The molecule has 0 bridgehead atoms. The van der Waals surface area contributed by atoms with Crippen molar-refractivity contribution < 1.29 is 14.3 Å². The Balaban J connectivity index is 2.53. The molecule has 1 aliphatic rings. The fourth-order valence-electron chi connectivity index (χ4n) is 1.75. The van der Waals surface area contributed by atoms with E-state index in [2.05, 4.69) is 5.32 Å². The molecule has 1 N–H and O–H groups in total. The molecule has 1 heterocycles. The summed E-state index contributed by atoms with van der Waals surface area (Å²) < 4.78 is 10.3. The van der Waals surface area contributed by atoms with Gasteiger partial charge in [0.25, 0.3) is 5.91 Å². The van der Waals surface area contributed by atoms with Gasteiger partial charge in [-0.25, -0.2) is 0 Å². The lowest BCUT2D eigenvalue weighted by Crippen LogP contribution is -2.31. The standard InChI is InChI=1S/C11H13NO3/c1-14-9-5-7-3-4-12-11(13)8(7)6-10(9)15-2/h5-6H,3-4H2,1-2H3,(H,12,13). The van der Waals surface area contributed by atoms with E-state index in [0.29, 0.717) is 23.6 Å². The molecule has 4 heteroatoms. The largest absolute Gasteiger partial charge is 0.493 e.